The van der Waals surface area contributed by atoms with Crippen LogP contribution in [0, 0.1) is 0 Å². The monoisotopic (exact) mass is 551 g/mol. The second-order valence-corrected chi connectivity index (χ2v) is 10.6. The Morgan fingerprint density at radius 3 is 1.28 bits per heavy atom. The molecule has 0 aliphatic heterocycles. The molecule has 0 saturated heterocycles. The van der Waals surface area contributed by atoms with Crippen LogP contribution in [0.15, 0.2) is 165 Å². The number of rotatable bonds is 6. The minimum Gasteiger partial charge on any atom is -0.264 e. The van der Waals surface area contributed by atoms with Crippen LogP contribution in [-0.2, 0) is 0 Å². The molecule has 0 saturated carbocycles. The van der Waals surface area contributed by atoms with E-state index in [4.69, 9.17) is 0 Å². The average molecular weight is 552 g/mol. The molecule has 6 aromatic rings. The summed E-state index contributed by atoms with van der Waals surface area (Å²) >= 11 is 0. The Bertz CT molecular complexity index is 1910. The van der Waals surface area contributed by atoms with Crippen molar-refractivity contribution in [3.05, 3.63) is 170 Å². The van der Waals surface area contributed by atoms with E-state index in [0.717, 1.165) is 56.5 Å². The van der Waals surface area contributed by atoms with Crippen molar-refractivity contribution in [1.29, 1.82) is 0 Å². The summed E-state index contributed by atoms with van der Waals surface area (Å²) in [5, 5.41) is 0. The molecule has 0 spiro atoms. The first-order valence-electron chi connectivity index (χ1n) is 14.5. The number of allylic oxidation sites excluding steroid dienone is 6. The van der Waals surface area contributed by atoms with Gasteiger partial charge in [0.15, 0.2) is 0 Å². The second-order valence-electron chi connectivity index (χ2n) is 10.6. The first kappa shape index (κ1) is 26.2. The SMILES string of the molecule is C1=CCC=C(c2cc(-c3cccnc3)cc(-c3cccc(-c4cc(-c5cccnc5)cc(-c5cccnc5)c4)c3)c2)C=C1. The Labute approximate surface area is 252 Å². The van der Waals surface area contributed by atoms with Crippen molar-refractivity contribution in [2.24, 2.45) is 0 Å². The summed E-state index contributed by atoms with van der Waals surface area (Å²) in [6, 6.07) is 34.7. The molecule has 0 bridgehead atoms. The predicted octanol–water partition coefficient (Wildman–Crippen LogP) is 10.1. The first-order valence-corrected chi connectivity index (χ1v) is 14.5. The highest BCUT2D eigenvalue weighted by molar-refractivity contribution is 5.86. The maximum Gasteiger partial charge on any atom is 0.0346 e. The quantitative estimate of drug-likeness (QED) is 0.207. The van der Waals surface area contributed by atoms with Crippen LogP contribution in [0.1, 0.15) is 12.0 Å². The van der Waals surface area contributed by atoms with Crippen molar-refractivity contribution in [2.75, 3.05) is 0 Å². The van der Waals surface area contributed by atoms with E-state index in [1.54, 1.807) is 0 Å². The van der Waals surface area contributed by atoms with E-state index in [1.165, 1.54) is 16.7 Å². The molecule has 0 fully saturated rings. The zero-order valence-electron chi connectivity index (χ0n) is 23.6. The van der Waals surface area contributed by atoms with Gasteiger partial charge in [-0.15, -0.1) is 0 Å². The number of pyridine rings is 3. The molecule has 204 valence electrons. The Morgan fingerprint density at radius 2 is 0.814 bits per heavy atom. The Kier molecular flexibility index (Phi) is 7.36. The van der Waals surface area contributed by atoms with E-state index >= 15 is 0 Å². The summed E-state index contributed by atoms with van der Waals surface area (Å²) in [6.45, 7) is 0. The summed E-state index contributed by atoms with van der Waals surface area (Å²) in [4.78, 5) is 13.1. The van der Waals surface area contributed by atoms with Crippen LogP contribution < -0.4 is 0 Å². The van der Waals surface area contributed by atoms with E-state index in [0.29, 0.717) is 0 Å². The number of hydrogen-bond acceptors (Lipinski definition) is 3. The first-order chi connectivity index (χ1) is 21.3. The van der Waals surface area contributed by atoms with Gasteiger partial charge in [0, 0.05) is 53.9 Å². The molecular weight excluding hydrogens is 522 g/mol. The molecule has 0 atom stereocenters. The van der Waals surface area contributed by atoms with E-state index in [9.17, 15) is 0 Å². The molecule has 7 rings (SSSR count). The Hall–Kier alpha value is -5.67. The number of hydrogen-bond donors (Lipinski definition) is 0. The molecule has 3 aromatic carbocycles. The van der Waals surface area contributed by atoms with Crippen molar-refractivity contribution in [2.45, 2.75) is 6.42 Å². The summed E-state index contributed by atoms with van der Waals surface area (Å²) in [7, 11) is 0. The maximum absolute atomic E-state index is 4.39. The number of benzene rings is 3. The van der Waals surface area contributed by atoms with Gasteiger partial charge in [-0.05, 0) is 117 Å². The molecule has 1 aliphatic carbocycles. The van der Waals surface area contributed by atoms with Crippen LogP contribution >= 0.6 is 0 Å². The van der Waals surface area contributed by atoms with Crippen molar-refractivity contribution in [1.82, 2.24) is 15.0 Å². The molecule has 0 radical (unpaired) electrons. The van der Waals surface area contributed by atoms with E-state index in [1.807, 2.05) is 55.4 Å². The molecule has 3 heterocycles. The fraction of sp³-hybridized carbons (Fsp3) is 0.0250. The summed E-state index contributed by atoms with van der Waals surface area (Å²) in [5.41, 5.74) is 13.7. The third kappa shape index (κ3) is 5.88. The fourth-order valence-electron chi connectivity index (χ4n) is 5.53. The van der Waals surface area contributed by atoms with Crippen LogP contribution in [-0.4, -0.2) is 15.0 Å². The summed E-state index contributed by atoms with van der Waals surface area (Å²) in [5.74, 6) is 0. The average Bonchev–Trinajstić information content (AvgIpc) is 3.39. The Balaban J connectivity index is 1.36. The lowest BCUT2D eigenvalue weighted by atomic mass is 9.90. The van der Waals surface area contributed by atoms with Gasteiger partial charge in [-0.3, -0.25) is 15.0 Å². The van der Waals surface area contributed by atoms with Crippen LogP contribution in [0.25, 0.3) is 61.2 Å². The van der Waals surface area contributed by atoms with E-state index in [2.05, 4.69) is 124 Å². The normalized spacial score (nSPS) is 12.5. The molecule has 0 amide bonds. The van der Waals surface area contributed by atoms with Crippen molar-refractivity contribution in [3.8, 4) is 55.6 Å². The van der Waals surface area contributed by atoms with Crippen LogP contribution in [0.3, 0.4) is 0 Å². The number of aromatic nitrogens is 3. The molecule has 0 unspecified atom stereocenters. The zero-order valence-corrected chi connectivity index (χ0v) is 23.6. The molecular formula is C40H29N3. The smallest absolute Gasteiger partial charge is 0.0346 e. The van der Waals surface area contributed by atoms with E-state index in [-0.39, 0.29) is 0 Å². The fourth-order valence-corrected chi connectivity index (χ4v) is 5.53. The Morgan fingerprint density at radius 1 is 0.395 bits per heavy atom. The lowest BCUT2D eigenvalue weighted by molar-refractivity contribution is 1.32. The van der Waals surface area contributed by atoms with Crippen molar-refractivity contribution in [3.63, 3.8) is 0 Å². The summed E-state index contributed by atoms with van der Waals surface area (Å²) < 4.78 is 0. The van der Waals surface area contributed by atoms with Gasteiger partial charge in [-0.1, -0.05) is 66.8 Å². The van der Waals surface area contributed by atoms with Crippen LogP contribution in [0.2, 0.25) is 0 Å². The van der Waals surface area contributed by atoms with Gasteiger partial charge < -0.3 is 0 Å². The molecule has 3 nitrogen and oxygen atoms in total. The van der Waals surface area contributed by atoms with Gasteiger partial charge in [0.05, 0.1) is 0 Å². The van der Waals surface area contributed by atoms with Gasteiger partial charge in [0.2, 0.25) is 0 Å². The van der Waals surface area contributed by atoms with Crippen LogP contribution in [0.4, 0.5) is 0 Å². The largest absolute Gasteiger partial charge is 0.264 e. The van der Waals surface area contributed by atoms with Gasteiger partial charge >= 0.3 is 0 Å². The predicted molar refractivity (Wildman–Crippen MR) is 178 cm³/mol. The minimum absolute atomic E-state index is 0.914. The van der Waals surface area contributed by atoms with Crippen molar-refractivity contribution >= 4 is 5.57 Å². The van der Waals surface area contributed by atoms with Gasteiger partial charge in [-0.25, -0.2) is 0 Å². The highest BCUT2D eigenvalue weighted by atomic mass is 14.6. The van der Waals surface area contributed by atoms with Gasteiger partial charge in [0.1, 0.15) is 0 Å². The minimum atomic E-state index is 0.914. The molecule has 1 aliphatic rings. The lowest BCUT2D eigenvalue weighted by Gasteiger charge is -2.14. The third-order valence-corrected chi connectivity index (χ3v) is 7.71. The van der Waals surface area contributed by atoms with Gasteiger partial charge in [-0.2, -0.15) is 0 Å². The summed E-state index contributed by atoms with van der Waals surface area (Å²) in [6.07, 6.45) is 23.0. The molecule has 0 N–H and O–H groups in total. The zero-order chi connectivity index (χ0) is 28.8. The maximum atomic E-state index is 4.39. The third-order valence-electron chi connectivity index (χ3n) is 7.71. The lowest BCUT2D eigenvalue weighted by Crippen LogP contribution is -1.90. The van der Waals surface area contributed by atoms with Crippen molar-refractivity contribution < 1.29 is 0 Å². The molecule has 43 heavy (non-hydrogen) atoms. The topological polar surface area (TPSA) is 38.7 Å². The van der Waals surface area contributed by atoms with Crippen LogP contribution in [0.5, 0.6) is 0 Å². The highest BCUT2D eigenvalue weighted by Crippen LogP contribution is 2.36. The van der Waals surface area contributed by atoms with E-state index < -0.39 is 0 Å². The highest BCUT2D eigenvalue weighted by Gasteiger charge is 2.12. The standard InChI is InChI=1S/C40H29N3/c1-2-4-10-29(9-3-1)35-20-36(22-38(21-35)32-13-6-16-41-26-32)30-11-5-12-31(19-30)37-23-39(33-14-7-17-42-27-33)25-40(24-37)34-15-8-18-43-28-34/h1-3,5-28H,4H2. The van der Waals surface area contributed by atoms with Gasteiger partial charge in [0.25, 0.3) is 0 Å². The number of nitrogens with zero attached hydrogens (tertiary/aromatic N) is 3. The molecule has 3 aromatic heterocycles. The second kappa shape index (κ2) is 12.1. The molecule has 3 heteroatoms.